The molecule has 1 aliphatic heterocycles. The Morgan fingerprint density at radius 1 is 1.18 bits per heavy atom. The predicted molar refractivity (Wildman–Crippen MR) is 93.1 cm³/mol. The van der Waals surface area contributed by atoms with E-state index >= 15 is 0 Å². The number of hydrogen-bond acceptors (Lipinski definition) is 5. The van der Waals surface area contributed by atoms with Crippen molar-refractivity contribution in [3.63, 3.8) is 0 Å². The fourth-order valence-corrected chi connectivity index (χ4v) is 3.63. The third-order valence-electron chi connectivity index (χ3n) is 3.99. The molecule has 0 bridgehead atoms. The van der Waals surface area contributed by atoms with E-state index in [9.17, 15) is 0 Å². The van der Waals surface area contributed by atoms with Crippen molar-refractivity contribution >= 4 is 11.3 Å². The van der Waals surface area contributed by atoms with Crippen LogP contribution < -0.4 is 11.1 Å². The molecular weight excluding hydrogens is 292 g/mol. The van der Waals surface area contributed by atoms with Crippen LogP contribution in [-0.2, 0) is 13.0 Å². The zero-order valence-corrected chi connectivity index (χ0v) is 13.7. The van der Waals surface area contributed by atoms with E-state index in [-0.39, 0.29) is 0 Å². The average Bonchev–Trinajstić information content (AvgIpc) is 2.85. The molecule has 0 radical (unpaired) electrons. The van der Waals surface area contributed by atoms with Gasteiger partial charge in [0.1, 0.15) is 5.01 Å². The van der Waals surface area contributed by atoms with Crippen molar-refractivity contribution in [1.82, 2.24) is 15.2 Å². The van der Waals surface area contributed by atoms with Crippen LogP contribution in [0.3, 0.4) is 0 Å². The maximum Gasteiger partial charge on any atom is 0.123 e. The molecule has 1 fully saturated rings. The summed E-state index contributed by atoms with van der Waals surface area (Å²) in [5.74, 6) is 0. The first-order chi connectivity index (χ1) is 10.8. The van der Waals surface area contributed by atoms with Crippen molar-refractivity contribution in [2.45, 2.75) is 19.4 Å². The molecule has 1 aliphatic rings. The van der Waals surface area contributed by atoms with Crippen molar-refractivity contribution in [2.24, 2.45) is 5.73 Å². The highest BCUT2D eigenvalue weighted by Gasteiger charge is 2.09. The largest absolute Gasteiger partial charge is 0.330 e. The molecule has 2 aromatic rings. The molecule has 1 aromatic heterocycles. The van der Waals surface area contributed by atoms with Crippen molar-refractivity contribution in [3.8, 4) is 10.6 Å². The number of nitrogens with one attached hydrogen (secondary N) is 1. The Labute approximate surface area is 136 Å². The fourth-order valence-electron chi connectivity index (χ4n) is 2.77. The molecule has 118 valence electrons. The quantitative estimate of drug-likeness (QED) is 0.887. The maximum absolute atomic E-state index is 5.58. The number of rotatable bonds is 5. The second-order valence-electron chi connectivity index (χ2n) is 5.76. The van der Waals surface area contributed by atoms with Crippen LogP contribution >= 0.6 is 11.3 Å². The smallest absolute Gasteiger partial charge is 0.123 e. The minimum atomic E-state index is 0.660. The first-order valence-corrected chi connectivity index (χ1v) is 8.90. The molecule has 3 N–H and O–H groups in total. The van der Waals surface area contributed by atoms with Gasteiger partial charge in [0, 0.05) is 37.0 Å². The van der Waals surface area contributed by atoms with E-state index in [0.717, 1.165) is 43.3 Å². The summed E-state index contributed by atoms with van der Waals surface area (Å²) in [5.41, 5.74) is 9.27. The number of thiazole rings is 1. The Bertz CT molecular complexity index is 571. The summed E-state index contributed by atoms with van der Waals surface area (Å²) in [6, 6.07) is 8.85. The first-order valence-electron chi connectivity index (χ1n) is 8.02. The number of nitrogens with two attached hydrogens (primary N) is 1. The molecule has 0 atom stereocenters. The summed E-state index contributed by atoms with van der Waals surface area (Å²) in [6.45, 7) is 6.26. The SMILES string of the molecule is NCCc1csc(-c2ccc(CN3CCCNCC3)cc2)n1. The van der Waals surface area contributed by atoms with Crippen LogP contribution in [0.25, 0.3) is 10.6 Å². The van der Waals surface area contributed by atoms with Crippen LogP contribution in [0.2, 0.25) is 0 Å². The van der Waals surface area contributed by atoms with Crippen molar-refractivity contribution in [1.29, 1.82) is 0 Å². The minimum absolute atomic E-state index is 0.660. The Hall–Kier alpha value is -1.27. The van der Waals surface area contributed by atoms with E-state index < -0.39 is 0 Å². The van der Waals surface area contributed by atoms with E-state index in [2.05, 4.69) is 44.8 Å². The Morgan fingerprint density at radius 3 is 2.86 bits per heavy atom. The lowest BCUT2D eigenvalue weighted by atomic mass is 10.1. The van der Waals surface area contributed by atoms with Gasteiger partial charge >= 0.3 is 0 Å². The monoisotopic (exact) mass is 316 g/mol. The number of aromatic nitrogens is 1. The summed E-state index contributed by atoms with van der Waals surface area (Å²) in [7, 11) is 0. The molecule has 1 saturated heterocycles. The van der Waals surface area contributed by atoms with Gasteiger partial charge in [-0.25, -0.2) is 4.98 Å². The molecule has 4 nitrogen and oxygen atoms in total. The second-order valence-corrected chi connectivity index (χ2v) is 6.62. The second kappa shape index (κ2) is 7.83. The van der Waals surface area contributed by atoms with Gasteiger partial charge in [0.15, 0.2) is 0 Å². The normalized spacial score (nSPS) is 16.6. The molecule has 0 spiro atoms. The van der Waals surface area contributed by atoms with E-state index in [0.29, 0.717) is 6.54 Å². The highest BCUT2D eigenvalue weighted by molar-refractivity contribution is 7.13. The lowest BCUT2D eigenvalue weighted by molar-refractivity contribution is 0.284. The molecule has 22 heavy (non-hydrogen) atoms. The third kappa shape index (κ3) is 4.14. The average molecular weight is 316 g/mol. The minimum Gasteiger partial charge on any atom is -0.330 e. The number of nitrogens with zero attached hydrogens (tertiary/aromatic N) is 2. The lowest BCUT2D eigenvalue weighted by Gasteiger charge is -2.19. The molecule has 3 rings (SSSR count). The van der Waals surface area contributed by atoms with Crippen LogP contribution in [0.4, 0.5) is 0 Å². The van der Waals surface area contributed by atoms with Gasteiger partial charge in [0.25, 0.3) is 0 Å². The van der Waals surface area contributed by atoms with Gasteiger partial charge < -0.3 is 11.1 Å². The van der Waals surface area contributed by atoms with Gasteiger partial charge in [0.2, 0.25) is 0 Å². The molecule has 0 unspecified atom stereocenters. The van der Waals surface area contributed by atoms with Gasteiger partial charge in [-0.05, 0) is 31.6 Å². The summed E-state index contributed by atoms with van der Waals surface area (Å²) < 4.78 is 0. The molecule has 0 aliphatic carbocycles. The summed E-state index contributed by atoms with van der Waals surface area (Å²) in [5, 5.41) is 6.65. The van der Waals surface area contributed by atoms with Crippen LogP contribution in [0.5, 0.6) is 0 Å². The first kappa shape index (κ1) is 15.6. The molecule has 0 saturated carbocycles. The Kier molecular flexibility index (Phi) is 5.56. The van der Waals surface area contributed by atoms with Crippen LogP contribution in [0, 0.1) is 0 Å². The van der Waals surface area contributed by atoms with Gasteiger partial charge in [-0.1, -0.05) is 24.3 Å². The molecular formula is C17H24N4S. The predicted octanol–water partition coefficient (Wildman–Crippen LogP) is 2.11. The van der Waals surface area contributed by atoms with Gasteiger partial charge in [-0.2, -0.15) is 0 Å². The highest BCUT2D eigenvalue weighted by Crippen LogP contribution is 2.24. The van der Waals surface area contributed by atoms with Crippen molar-refractivity contribution in [3.05, 3.63) is 40.9 Å². The van der Waals surface area contributed by atoms with Crippen LogP contribution in [0.1, 0.15) is 17.7 Å². The zero-order chi connectivity index (χ0) is 15.2. The van der Waals surface area contributed by atoms with E-state index in [4.69, 9.17) is 5.73 Å². The Balaban J connectivity index is 1.63. The van der Waals surface area contributed by atoms with Gasteiger partial charge in [-0.3, -0.25) is 4.90 Å². The Morgan fingerprint density at radius 2 is 2.05 bits per heavy atom. The highest BCUT2D eigenvalue weighted by atomic mass is 32.1. The lowest BCUT2D eigenvalue weighted by Crippen LogP contribution is -2.27. The van der Waals surface area contributed by atoms with Crippen LogP contribution in [0.15, 0.2) is 29.6 Å². The summed E-state index contributed by atoms with van der Waals surface area (Å²) >= 11 is 1.70. The molecule has 1 aromatic carbocycles. The van der Waals surface area contributed by atoms with Crippen LogP contribution in [-0.4, -0.2) is 42.6 Å². The summed E-state index contributed by atoms with van der Waals surface area (Å²) in [6.07, 6.45) is 2.10. The van der Waals surface area contributed by atoms with Gasteiger partial charge in [-0.15, -0.1) is 11.3 Å². The van der Waals surface area contributed by atoms with Crippen molar-refractivity contribution < 1.29 is 0 Å². The number of benzene rings is 1. The third-order valence-corrected chi connectivity index (χ3v) is 4.93. The maximum atomic E-state index is 5.58. The number of hydrogen-bond donors (Lipinski definition) is 2. The van der Waals surface area contributed by atoms with Gasteiger partial charge in [0.05, 0.1) is 5.69 Å². The zero-order valence-electron chi connectivity index (χ0n) is 12.9. The van der Waals surface area contributed by atoms with Crippen molar-refractivity contribution in [2.75, 3.05) is 32.7 Å². The fraction of sp³-hybridized carbons (Fsp3) is 0.471. The summed E-state index contributed by atoms with van der Waals surface area (Å²) in [4.78, 5) is 7.17. The van der Waals surface area contributed by atoms with E-state index in [1.807, 2.05) is 0 Å². The molecule has 5 heteroatoms. The van der Waals surface area contributed by atoms with E-state index in [1.54, 1.807) is 11.3 Å². The molecule has 0 amide bonds. The van der Waals surface area contributed by atoms with E-state index in [1.165, 1.54) is 24.1 Å². The topological polar surface area (TPSA) is 54.2 Å². The standard InChI is InChI=1S/C17H24N4S/c18-7-6-16-13-22-17(20-16)15-4-2-14(3-5-15)12-21-10-1-8-19-9-11-21/h2-5,13,19H,1,6-12,18H2. The molecule has 2 heterocycles.